The normalized spacial score (nSPS) is 10.8. The molecule has 3 aromatic rings. The van der Waals surface area contributed by atoms with Gasteiger partial charge in [-0.2, -0.15) is 0 Å². The van der Waals surface area contributed by atoms with Crippen molar-refractivity contribution in [2.45, 2.75) is 6.92 Å². The maximum absolute atomic E-state index is 14.0. The minimum Gasteiger partial charge on any atom is -0.505 e. The van der Waals surface area contributed by atoms with Crippen LogP contribution in [0, 0.1) is 12.7 Å². The first-order chi connectivity index (χ1) is 10.1. The molecule has 21 heavy (non-hydrogen) atoms. The topological polar surface area (TPSA) is 63.1 Å². The fourth-order valence-corrected chi connectivity index (χ4v) is 2.19. The number of carbonyl (C=O) groups is 1. The van der Waals surface area contributed by atoms with Crippen molar-refractivity contribution in [3.8, 4) is 5.75 Å². The number of aromatic hydroxyl groups is 1. The van der Waals surface area contributed by atoms with E-state index < -0.39 is 17.3 Å². The lowest BCUT2D eigenvalue weighted by molar-refractivity contribution is 0.103. The molecular weight excluding hydrogens is 271 g/mol. The predicted molar refractivity (Wildman–Crippen MR) is 75.8 cm³/mol. The van der Waals surface area contributed by atoms with Gasteiger partial charge in [0.05, 0.1) is 16.6 Å². The fourth-order valence-electron chi connectivity index (χ4n) is 2.19. The molecule has 0 saturated heterocycles. The fraction of sp³-hybridized carbons (Fsp3) is 0.0625. The first kappa shape index (κ1) is 13.2. The molecule has 2 aromatic carbocycles. The smallest absolute Gasteiger partial charge is 0.196 e. The second kappa shape index (κ2) is 4.94. The van der Waals surface area contributed by atoms with E-state index >= 15 is 0 Å². The summed E-state index contributed by atoms with van der Waals surface area (Å²) in [5.41, 5.74) is 1.85. The average Bonchev–Trinajstić information content (AvgIpc) is 2.51. The molecule has 0 unspecified atom stereocenters. The van der Waals surface area contributed by atoms with Crippen LogP contribution in [0.1, 0.15) is 21.5 Å². The van der Waals surface area contributed by atoms with Gasteiger partial charge in [0.2, 0.25) is 0 Å². The summed E-state index contributed by atoms with van der Waals surface area (Å²) in [7, 11) is 0. The summed E-state index contributed by atoms with van der Waals surface area (Å²) in [5.74, 6) is -1.93. The van der Waals surface area contributed by atoms with E-state index in [1.54, 1.807) is 31.3 Å². The van der Waals surface area contributed by atoms with Gasteiger partial charge in [0, 0.05) is 18.0 Å². The Hall–Kier alpha value is -2.82. The van der Waals surface area contributed by atoms with Crippen LogP contribution < -0.4 is 0 Å². The van der Waals surface area contributed by atoms with Crippen molar-refractivity contribution in [3.63, 3.8) is 0 Å². The SMILES string of the molecule is Cc1ccc(O)c(F)c1C(=O)c1ccc2nccnc2c1. The molecule has 1 heterocycles. The molecule has 1 aromatic heterocycles. The molecular formula is C16H11FN2O2. The molecule has 0 spiro atoms. The van der Waals surface area contributed by atoms with Crippen molar-refractivity contribution < 1.29 is 14.3 Å². The number of halogens is 1. The summed E-state index contributed by atoms with van der Waals surface area (Å²) in [6, 6.07) is 7.53. The Morgan fingerprint density at radius 2 is 1.81 bits per heavy atom. The number of phenols is 1. The zero-order valence-corrected chi connectivity index (χ0v) is 11.2. The Morgan fingerprint density at radius 1 is 1.10 bits per heavy atom. The van der Waals surface area contributed by atoms with E-state index in [2.05, 4.69) is 9.97 Å². The van der Waals surface area contributed by atoms with Gasteiger partial charge < -0.3 is 5.11 Å². The molecule has 0 atom stereocenters. The van der Waals surface area contributed by atoms with Gasteiger partial charge in [-0.25, -0.2) is 4.39 Å². The molecule has 1 N–H and O–H groups in total. The number of benzene rings is 2. The van der Waals surface area contributed by atoms with Crippen LogP contribution in [0.4, 0.5) is 4.39 Å². The van der Waals surface area contributed by atoms with Crippen LogP contribution in [0.15, 0.2) is 42.7 Å². The van der Waals surface area contributed by atoms with Gasteiger partial charge in [-0.15, -0.1) is 0 Å². The van der Waals surface area contributed by atoms with E-state index in [9.17, 15) is 14.3 Å². The van der Waals surface area contributed by atoms with Crippen LogP contribution in [0.25, 0.3) is 11.0 Å². The number of ketones is 1. The highest BCUT2D eigenvalue weighted by molar-refractivity contribution is 6.11. The largest absolute Gasteiger partial charge is 0.505 e. The van der Waals surface area contributed by atoms with Gasteiger partial charge >= 0.3 is 0 Å². The minimum atomic E-state index is -0.903. The van der Waals surface area contributed by atoms with Crippen LogP contribution >= 0.6 is 0 Å². The van der Waals surface area contributed by atoms with E-state index in [1.807, 2.05) is 0 Å². The van der Waals surface area contributed by atoms with Gasteiger partial charge in [0.15, 0.2) is 17.3 Å². The third-order valence-corrected chi connectivity index (χ3v) is 3.29. The first-order valence-corrected chi connectivity index (χ1v) is 6.31. The van der Waals surface area contributed by atoms with Gasteiger partial charge in [0.1, 0.15) is 0 Å². The standard InChI is InChI=1S/C16H11FN2O2/c1-9-2-5-13(20)15(17)14(9)16(21)10-3-4-11-12(8-10)19-7-6-18-11/h2-8,20H,1H3. The van der Waals surface area contributed by atoms with E-state index in [-0.39, 0.29) is 5.56 Å². The van der Waals surface area contributed by atoms with Crippen LogP contribution in [0.3, 0.4) is 0 Å². The van der Waals surface area contributed by atoms with Crippen LogP contribution in [0.2, 0.25) is 0 Å². The zero-order chi connectivity index (χ0) is 15.0. The number of hydrogen-bond acceptors (Lipinski definition) is 4. The summed E-state index contributed by atoms with van der Waals surface area (Å²) in [6.45, 7) is 1.62. The Kier molecular flexibility index (Phi) is 3.10. The number of aromatic nitrogens is 2. The molecule has 104 valence electrons. The highest BCUT2D eigenvalue weighted by Crippen LogP contribution is 2.25. The van der Waals surface area contributed by atoms with Crippen molar-refractivity contribution in [2.24, 2.45) is 0 Å². The van der Waals surface area contributed by atoms with Crippen molar-refractivity contribution in [2.75, 3.05) is 0 Å². The molecule has 0 aliphatic carbocycles. The molecule has 5 heteroatoms. The Bertz CT molecular complexity index is 862. The maximum Gasteiger partial charge on any atom is 0.196 e. The number of hydrogen-bond donors (Lipinski definition) is 1. The number of aryl methyl sites for hydroxylation is 1. The molecule has 0 fully saturated rings. The summed E-state index contributed by atoms with van der Waals surface area (Å²) >= 11 is 0. The second-order valence-electron chi connectivity index (χ2n) is 4.68. The first-order valence-electron chi connectivity index (χ1n) is 6.31. The molecule has 0 amide bonds. The van der Waals surface area contributed by atoms with Gasteiger partial charge in [-0.05, 0) is 36.8 Å². The Balaban J connectivity index is 2.15. The second-order valence-corrected chi connectivity index (χ2v) is 4.68. The molecule has 0 bridgehead atoms. The van der Waals surface area contributed by atoms with Crippen molar-refractivity contribution in [1.29, 1.82) is 0 Å². The minimum absolute atomic E-state index is 0.127. The lowest BCUT2D eigenvalue weighted by atomic mass is 9.98. The van der Waals surface area contributed by atoms with Gasteiger partial charge in [-0.3, -0.25) is 14.8 Å². The highest BCUT2D eigenvalue weighted by Gasteiger charge is 2.19. The molecule has 0 saturated carbocycles. The Morgan fingerprint density at radius 3 is 2.57 bits per heavy atom. The average molecular weight is 282 g/mol. The molecule has 4 nitrogen and oxygen atoms in total. The Labute approximate surface area is 119 Å². The van der Waals surface area contributed by atoms with Crippen LogP contribution in [0.5, 0.6) is 5.75 Å². The highest BCUT2D eigenvalue weighted by atomic mass is 19.1. The van der Waals surface area contributed by atoms with E-state index in [1.165, 1.54) is 18.3 Å². The summed E-state index contributed by atoms with van der Waals surface area (Å²) in [5, 5.41) is 9.44. The molecule has 0 aliphatic rings. The number of fused-ring (bicyclic) bond motifs is 1. The number of rotatable bonds is 2. The third-order valence-electron chi connectivity index (χ3n) is 3.29. The maximum atomic E-state index is 14.0. The summed E-state index contributed by atoms with van der Waals surface area (Å²) in [4.78, 5) is 20.7. The quantitative estimate of drug-likeness (QED) is 0.734. The van der Waals surface area contributed by atoms with E-state index in [0.29, 0.717) is 22.2 Å². The zero-order valence-electron chi connectivity index (χ0n) is 11.2. The summed E-state index contributed by atoms with van der Waals surface area (Å²) in [6.07, 6.45) is 3.08. The van der Waals surface area contributed by atoms with Crippen LogP contribution in [-0.4, -0.2) is 20.9 Å². The number of phenolic OH excluding ortho intramolecular Hbond substituents is 1. The van der Waals surface area contributed by atoms with E-state index in [0.717, 1.165) is 0 Å². The monoisotopic (exact) mass is 282 g/mol. The van der Waals surface area contributed by atoms with Crippen molar-refractivity contribution in [3.05, 3.63) is 65.2 Å². The lowest BCUT2D eigenvalue weighted by Gasteiger charge is -2.08. The van der Waals surface area contributed by atoms with Crippen molar-refractivity contribution >= 4 is 16.8 Å². The van der Waals surface area contributed by atoms with Gasteiger partial charge in [-0.1, -0.05) is 6.07 Å². The van der Waals surface area contributed by atoms with Crippen molar-refractivity contribution in [1.82, 2.24) is 9.97 Å². The lowest BCUT2D eigenvalue weighted by Crippen LogP contribution is -2.07. The van der Waals surface area contributed by atoms with Crippen LogP contribution in [-0.2, 0) is 0 Å². The third kappa shape index (κ3) is 2.23. The molecule has 0 aliphatic heterocycles. The molecule has 0 radical (unpaired) electrons. The number of nitrogens with zero attached hydrogens (tertiary/aromatic N) is 2. The van der Waals surface area contributed by atoms with E-state index in [4.69, 9.17) is 0 Å². The summed E-state index contributed by atoms with van der Waals surface area (Å²) < 4.78 is 14.0. The predicted octanol–water partition coefficient (Wildman–Crippen LogP) is 3.01. The van der Waals surface area contributed by atoms with Gasteiger partial charge in [0.25, 0.3) is 0 Å². The molecule has 3 rings (SSSR count). The number of carbonyl (C=O) groups excluding carboxylic acids is 1.